The van der Waals surface area contributed by atoms with Gasteiger partial charge in [0.2, 0.25) is 11.8 Å². The molecule has 0 atom stereocenters. The zero-order chi connectivity index (χ0) is 22.7. The van der Waals surface area contributed by atoms with Crippen LogP contribution in [0.2, 0.25) is 5.02 Å². The summed E-state index contributed by atoms with van der Waals surface area (Å²) in [5, 5.41) is 10.3. The van der Waals surface area contributed by atoms with Gasteiger partial charge in [-0.1, -0.05) is 11.6 Å². The Morgan fingerprint density at radius 1 is 1.31 bits per heavy atom. The minimum absolute atomic E-state index is 0.0671. The Morgan fingerprint density at radius 2 is 2.03 bits per heavy atom. The van der Waals surface area contributed by atoms with Gasteiger partial charge in [0.1, 0.15) is 18.2 Å². The molecule has 2 amide bonds. The Kier molecular flexibility index (Phi) is 6.22. The number of hydrogen-bond acceptors (Lipinski definition) is 7. The van der Waals surface area contributed by atoms with Crippen molar-refractivity contribution in [3.05, 3.63) is 41.6 Å². The average Bonchev–Trinajstić information content (AvgIpc) is 3.47. The topological polar surface area (TPSA) is 119 Å². The third-order valence-corrected chi connectivity index (χ3v) is 5.85. The number of nitrogens with one attached hydrogen (secondary N) is 2. The number of carbonyl (C=O) groups is 2. The van der Waals surface area contributed by atoms with Crippen molar-refractivity contribution in [2.24, 2.45) is 5.92 Å². The lowest BCUT2D eigenvalue weighted by Crippen LogP contribution is -2.47. The molecule has 1 saturated heterocycles. The molecule has 1 fully saturated rings. The minimum atomic E-state index is -0.869. The summed E-state index contributed by atoms with van der Waals surface area (Å²) in [5.41, 5.74) is 1.49. The van der Waals surface area contributed by atoms with Crippen LogP contribution in [0.4, 0.5) is 0 Å². The lowest BCUT2D eigenvalue weighted by Gasteiger charge is -2.31. The van der Waals surface area contributed by atoms with Crippen molar-refractivity contribution in [1.29, 1.82) is 0 Å². The van der Waals surface area contributed by atoms with Gasteiger partial charge in [-0.25, -0.2) is 4.98 Å². The number of H-pyrrole nitrogens is 1. The molecule has 170 valence electrons. The normalized spacial score (nSPS) is 17.5. The molecule has 11 heteroatoms. The monoisotopic (exact) mass is 461 g/mol. The highest BCUT2D eigenvalue weighted by molar-refractivity contribution is 6.33. The first kappa shape index (κ1) is 21.9. The molecule has 2 aromatic heterocycles. The number of likely N-dealkylation sites (tertiary alicyclic amines) is 1. The average molecular weight is 462 g/mol. The van der Waals surface area contributed by atoms with Gasteiger partial charge in [0.15, 0.2) is 0 Å². The molecule has 32 heavy (non-hydrogen) atoms. The summed E-state index contributed by atoms with van der Waals surface area (Å²) in [7, 11) is 1.51. The molecule has 0 radical (unpaired) electrons. The zero-order valence-electron chi connectivity index (χ0n) is 17.8. The first-order chi connectivity index (χ1) is 15.4. The van der Waals surface area contributed by atoms with Crippen molar-refractivity contribution >= 4 is 23.4 Å². The summed E-state index contributed by atoms with van der Waals surface area (Å²) >= 11 is 6.22. The minimum Gasteiger partial charge on any atom is -0.481 e. The second-order valence-electron chi connectivity index (χ2n) is 7.80. The van der Waals surface area contributed by atoms with Crippen LogP contribution >= 0.6 is 11.6 Å². The smallest absolute Gasteiger partial charge is 0.271 e. The number of aromatic amines is 1. The Balaban J connectivity index is 1.32. The Morgan fingerprint density at radius 3 is 2.72 bits per heavy atom. The van der Waals surface area contributed by atoms with Crippen LogP contribution in [0.1, 0.15) is 30.3 Å². The summed E-state index contributed by atoms with van der Waals surface area (Å²) < 4.78 is 15.8. The van der Waals surface area contributed by atoms with Gasteiger partial charge < -0.3 is 24.4 Å². The highest BCUT2D eigenvalue weighted by Gasteiger charge is 2.33. The third kappa shape index (κ3) is 4.64. The van der Waals surface area contributed by atoms with E-state index in [-0.39, 0.29) is 24.3 Å². The number of carbonyl (C=O) groups excluding carboxylic acids is 2. The number of nitrogens with zero attached hydrogens (tertiary/aromatic N) is 3. The predicted molar refractivity (Wildman–Crippen MR) is 115 cm³/mol. The second-order valence-corrected chi connectivity index (χ2v) is 8.21. The maximum Gasteiger partial charge on any atom is 0.271 e. The van der Waals surface area contributed by atoms with Crippen LogP contribution in [0.25, 0.3) is 11.3 Å². The number of methoxy groups -OCH3 is 1. The molecule has 0 unspecified atom stereocenters. The summed E-state index contributed by atoms with van der Waals surface area (Å²) in [6.45, 7) is 2.95. The highest BCUT2D eigenvalue weighted by Crippen LogP contribution is 2.29. The van der Waals surface area contributed by atoms with E-state index >= 15 is 0 Å². The van der Waals surface area contributed by atoms with Crippen LogP contribution in [0, 0.1) is 5.92 Å². The molecule has 0 aromatic carbocycles. The highest BCUT2D eigenvalue weighted by atomic mass is 35.5. The van der Waals surface area contributed by atoms with Crippen LogP contribution in [0.3, 0.4) is 0 Å². The van der Waals surface area contributed by atoms with E-state index in [0.29, 0.717) is 53.8 Å². The molecule has 2 aliphatic rings. The van der Waals surface area contributed by atoms with Crippen molar-refractivity contribution in [2.75, 3.05) is 26.7 Å². The van der Waals surface area contributed by atoms with Crippen molar-refractivity contribution in [1.82, 2.24) is 25.4 Å². The SMILES string of the molecule is COc1cc(-c2cc(C(=O)N3CCC(C(=O)NCC4(C)OC=CO4)CC3)[nH]n2)c(Cl)cn1. The summed E-state index contributed by atoms with van der Waals surface area (Å²) in [6.07, 6.45) is 5.53. The first-order valence-corrected chi connectivity index (χ1v) is 10.6. The number of ether oxygens (including phenoxy) is 3. The molecule has 0 aliphatic carbocycles. The van der Waals surface area contributed by atoms with Gasteiger partial charge >= 0.3 is 0 Å². The van der Waals surface area contributed by atoms with E-state index in [1.54, 1.807) is 24.0 Å². The van der Waals surface area contributed by atoms with Crippen LogP contribution in [-0.4, -0.2) is 64.4 Å². The van der Waals surface area contributed by atoms with Crippen LogP contribution < -0.4 is 10.1 Å². The molecule has 2 N–H and O–H groups in total. The van der Waals surface area contributed by atoms with Gasteiger partial charge in [0.05, 0.1) is 30.6 Å². The van der Waals surface area contributed by atoms with Crippen molar-refractivity contribution in [3.63, 3.8) is 0 Å². The number of aromatic nitrogens is 3. The van der Waals surface area contributed by atoms with Gasteiger partial charge in [0, 0.05) is 37.6 Å². The van der Waals surface area contributed by atoms with Crippen LogP contribution in [0.5, 0.6) is 5.88 Å². The summed E-state index contributed by atoms with van der Waals surface area (Å²) in [4.78, 5) is 31.2. The summed E-state index contributed by atoms with van der Waals surface area (Å²) in [5.74, 6) is -0.880. The first-order valence-electron chi connectivity index (χ1n) is 10.2. The van der Waals surface area contributed by atoms with E-state index in [1.807, 2.05) is 0 Å². The molecular formula is C21H24ClN5O5. The van der Waals surface area contributed by atoms with E-state index in [1.165, 1.54) is 25.8 Å². The van der Waals surface area contributed by atoms with Crippen molar-refractivity contribution < 1.29 is 23.8 Å². The van der Waals surface area contributed by atoms with Crippen molar-refractivity contribution in [2.45, 2.75) is 25.6 Å². The van der Waals surface area contributed by atoms with E-state index in [4.69, 9.17) is 25.8 Å². The van der Waals surface area contributed by atoms with Crippen LogP contribution in [0.15, 0.2) is 30.9 Å². The number of rotatable bonds is 6. The number of pyridine rings is 1. The largest absolute Gasteiger partial charge is 0.481 e. The lowest BCUT2D eigenvalue weighted by atomic mass is 9.95. The molecule has 2 aromatic rings. The fraction of sp³-hybridized carbons (Fsp3) is 0.429. The molecule has 0 saturated carbocycles. The van der Waals surface area contributed by atoms with E-state index in [9.17, 15) is 9.59 Å². The maximum atomic E-state index is 12.9. The zero-order valence-corrected chi connectivity index (χ0v) is 18.5. The van der Waals surface area contributed by atoms with Gasteiger partial charge in [-0.2, -0.15) is 5.10 Å². The fourth-order valence-corrected chi connectivity index (χ4v) is 3.86. The Hall–Kier alpha value is -3.27. The quantitative estimate of drug-likeness (QED) is 0.677. The van der Waals surface area contributed by atoms with Gasteiger partial charge in [-0.05, 0) is 18.9 Å². The Bertz CT molecular complexity index is 1020. The Labute approximate surface area is 189 Å². The summed E-state index contributed by atoms with van der Waals surface area (Å²) in [6, 6.07) is 3.31. The second kappa shape index (κ2) is 9.07. The molecule has 10 nitrogen and oxygen atoms in total. The molecule has 4 rings (SSSR count). The lowest BCUT2D eigenvalue weighted by molar-refractivity contribution is -0.139. The molecule has 0 spiro atoms. The van der Waals surface area contributed by atoms with Gasteiger partial charge in [-0.3, -0.25) is 14.7 Å². The number of piperidine rings is 1. The van der Waals surface area contributed by atoms with Crippen LogP contribution in [-0.2, 0) is 14.3 Å². The van der Waals surface area contributed by atoms with E-state index in [0.717, 1.165) is 0 Å². The molecule has 0 bridgehead atoms. The third-order valence-electron chi connectivity index (χ3n) is 5.55. The standard InChI is InChI=1S/C21H24ClN5O5/c1-21(31-7-8-32-21)12-24-19(28)13-3-5-27(6-4-13)20(29)17-10-16(25-26-17)14-9-18(30-2)23-11-15(14)22/h7-11,13H,3-6,12H2,1-2H3,(H,24,28)(H,25,26). The van der Waals surface area contributed by atoms with E-state index < -0.39 is 5.79 Å². The molecular weight excluding hydrogens is 438 g/mol. The fourth-order valence-electron chi connectivity index (χ4n) is 3.66. The van der Waals surface area contributed by atoms with Gasteiger partial charge in [-0.15, -0.1) is 0 Å². The predicted octanol–water partition coefficient (Wildman–Crippen LogP) is 2.34. The van der Waals surface area contributed by atoms with E-state index in [2.05, 4.69) is 20.5 Å². The number of amides is 2. The molecule has 2 aliphatic heterocycles. The van der Waals surface area contributed by atoms with Crippen molar-refractivity contribution in [3.8, 4) is 17.1 Å². The maximum absolute atomic E-state index is 12.9. The number of halogens is 1. The van der Waals surface area contributed by atoms with Gasteiger partial charge in [0.25, 0.3) is 11.7 Å². The number of hydrogen-bond donors (Lipinski definition) is 2. The molecule has 4 heterocycles.